The van der Waals surface area contributed by atoms with Crippen LogP contribution in [0.25, 0.3) is 10.9 Å². The molecule has 0 bridgehead atoms. The molecule has 68 valence electrons. The summed E-state index contributed by atoms with van der Waals surface area (Å²) in [6.07, 6.45) is 1.62. The van der Waals surface area contributed by atoms with Crippen molar-refractivity contribution in [2.45, 2.75) is 0 Å². The smallest absolute Gasteiger partial charge is 0.140 e. The highest BCUT2D eigenvalue weighted by atomic mass is 16.7. The number of fused-ring (bicyclic) bond motifs is 1. The van der Waals surface area contributed by atoms with Crippen molar-refractivity contribution in [1.29, 1.82) is 0 Å². The van der Waals surface area contributed by atoms with E-state index in [-0.39, 0.29) is 5.75 Å². The van der Waals surface area contributed by atoms with Gasteiger partial charge in [0, 0.05) is 11.5 Å². The van der Waals surface area contributed by atoms with Crippen LogP contribution in [0.5, 0.6) is 5.75 Å². The number of anilines is 1. The number of hydrogen-bond donors (Lipinski definition) is 2. The number of aromatic nitrogens is 2. The van der Waals surface area contributed by atoms with Crippen LogP contribution in [0.2, 0.25) is 0 Å². The predicted molar refractivity (Wildman–Crippen MR) is 48.3 cm³/mol. The highest BCUT2D eigenvalue weighted by Gasteiger charge is 2.05. The van der Waals surface area contributed by atoms with Crippen LogP contribution >= 0.6 is 0 Å². The average molecular weight is 179 g/mol. The quantitative estimate of drug-likeness (QED) is 0.490. The van der Waals surface area contributed by atoms with E-state index in [0.29, 0.717) is 11.2 Å². The van der Waals surface area contributed by atoms with E-state index in [9.17, 15) is 5.11 Å². The Hall–Kier alpha value is -1.91. The molecular formula is C8H9N3O2. The van der Waals surface area contributed by atoms with Crippen LogP contribution in [0.1, 0.15) is 0 Å². The highest BCUT2D eigenvalue weighted by molar-refractivity contribution is 5.84. The summed E-state index contributed by atoms with van der Waals surface area (Å²) in [5.74, 6) is 0.0336. The summed E-state index contributed by atoms with van der Waals surface area (Å²) >= 11 is 0. The molecule has 1 aromatic carbocycles. The Morgan fingerprint density at radius 1 is 1.54 bits per heavy atom. The summed E-state index contributed by atoms with van der Waals surface area (Å²) < 4.78 is 0. The SMILES string of the molecule is COn1ncc2cc(N)c(O)cc21. The number of benzene rings is 1. The molecular weight excluding hydrogens is 170 g/mol. The van der Waals surface area contributed by atoms with Crippen molar-refractivity contribution >= 4 is 16.6 Å². The standard InChI is InChI=1S/C8H9N3O2/c1-13-11-7-3-8(12)6(9)2-5(7)4-10-11/h2-4,12H,9H2,1H3. The van der Waals surface area contributed by atoms with Crippen LogP contribution in [0.3, 0.4) is 0 Å². The van der Waals surface area contributed by atoms with E-state index in [1.807, 2.05) is 0 Å². The van der Waals surface area contributed by atoms with Crippen LogP contribution in [0, 0.1) is 0 Å². The molecule has 0 fully saturated rings. The van der Waals surface area contributed by atoms with Gasteiger partial charge in [-0.15, -0.1) is 5.10 Å². The molecule has 0 saturated carbocycles. The van der Waals surface area contributed by atoms with Crippen molar-refractivity contribution in [3.05, 3.63) is 18.3 Å². The molecule has 0 aliphatic carbocycles. The molecule has 1 aromatic heterocycles. The van der Waals surface area contributed by atoms with Crippen molar-refractivity contribution in [2.75, 3.05) is 12.8 Å². The molecule has 13 heavy (non-hydrogen) atoms. The Bertz CT molecular complexity index is 450. The van der Waals surface area contributed by atoms with Gasteiger partial charge in [0.25, 0.3) is 0 Å². The zero-order valence-electron chi connectivity index (χ0n) is 7.06. The fourth-order valence-corrected chi connectivity index (χ4v) is 1.20. The van der Waals surface area contributed by atoms with Crippen LogP contribution in [-0.2, 0) is 0 Å². The van der Waals surface area contributed by atoms with Gasteiger partial charge in [-0.05, 0) is 6.07 Å². The maximum Gasteiger partial charge on any atom is 0.140 e. The summed E-state index contributed by atoms with van der Waals surface area (Å²) in [4.78, 5) is 6.23. The number of nitrogens with zero attached hydrogens (tertiary/aromatic N) is 2. The first-order chi connectivity index (χ1) is 6.22. The zero-order valence-corrected chi connectivity index (χ0v) is 7.06. The van der Waals surface area contributed by atoms with E-state index in [1.54, 1.807) is 12.3 Å². The van der Waals surface area contributed by atoms with Crippen molar-refractivity contribution in [2.24, 2.45) is 0 Å². The van der Waals surface area contributed by atoms with Gasteiger partial charge in [-0.2, -0.15) is 0 Å². The molecule has 0 spiro atoms. The second-order valence-electron chi connectivity index (χ2n) is 2.67. The lowest BCUT2D eigenvalue weighted by molar-refractivity contribution is 0.145. The fraction of sp³-hybridized carbons (Fsp3) is 0.125. The van der Waals surface area contributed by atoms with Crippen LogP contribution in [0.4, 0.5) is 5.69 Å². The second kappa shape index (κ2) is 2.55. The molecule has 0 aliphatic heterocycles. The van der Waals surface area contributed by atoms with Crippen molar-refractivity contribution < 1.29 is 9.94 Å². The highest BCUT2D eigenvalue weighted by Crippen LogP contribution is 2.25. The van der Waals surface area contributed by atoms with Gasteiger partial charge in [-0.25, -0.2) is 0 Å². The molecule has 0 radical (unpaired) electrons. The van der Waals surface area contributed by atoms with E-state index >= 15 is 0 Å². The first-order valence-electron chi connectivity index (χ1n) is 3.73. The third-order valence-electron chi connectivity index (χ3n) is 1.86. The van der Waals surface area contributed by atoms with Crippen molar-refractivity contribution in [3.63, 3.8) is 0 Å². The molecule has 2 aromatic rings. The molecule has 0 atom stereocenters. The minimum Gasteiger partial charge on any atom is -0.506 e. The van der Waals surface area contributed by atoms with E-state index in [2.05, 4.69) is 5.10 Å². The molecule has 0 saturated heterocycles. The van der Waals surface area contributed by atoms with Crippen molar-refractivity contribution in [3.8, 4) is 5.75 Å². The van der Waals surface area contributed by atoms with Gasteiger partial charge in [0.05, 0.1) is 11.9 Å². The van der Waals surface area contributed by atoms with E-state index in [0.717, 1.165) is 5.39 Å². The zero-order chi connectivity index (χ0) is 9.42. The van der Waals surface area contributed by atoms with Gasteiger partial charge in [-0.1, -0.05) is 4.85 Å². The van der Waals surface area contributed by atoms with Gasteiger partial charge in [0.2, 0.25) is 0 Å². The third kappa shape index (κ3) is 1.05. The van der Waals surface area contributed by atoms with E-state index < -0.39 is 0 Å². The van der Waals surface area contributed by atoms with Gasteiger partial charge < -0.3 is 15.7 Å². The lowest BCUT2D eigenvalue weighted by Crippen LogP contribution is -2.06. The van der Waals surface area contributed by atoms with Gasteiger partial charge in [-0.3, -0.25) is 0 Å². The largest absolute Gasteiger partial charge is 0.506 e. The Balaban J connectivity index is 2.77. The summed E-state index contributed by atoms with van der Waals surface area (Å²) in [6, 6.07) is 3.16. The minimum atomic E-state index is 0.0336. The topological polar surface area (TPSA) is 73.3 Å². The van der Waals surface area contributed by atoms with Crippen LogP contribution < -0.4 is 10.6 Å². The first-order valence-corrected chi connectivity index (χ1v) is 3.73. The number of phenolic OH excluding ortho intramolecular Hbond substituents is 1. The summed E-state index contributed by atoms with van der Waals surface area (Å²) in [5, 5.41) is 14.1. The molecule has 0 aliphatic rings. The monoisotopic (exact) mass is 179 g/mol. The molecule has 1 heterocycles. The van der Waals surface area contributed by atoms with Crippen LogP contribution in [-0.4, -0.2) is 22.2 Å². The molecule has 0 amide bonds. The third-order valence-corrected chi connectivity index (χ3v) is 1.86. The predicted octanol–water partition coefficient (Wildman–Crippen LogP) is 0.382. The summed E-state index contributed by atoms with van der Waals surface area (Å²) in [6.45, 7) is 0. The molecule has 3 N–H and O–H groups in total. The Morgan fingerprint density at radius 3 is 3.00 bits per heavy atom. The normalized spacial score (nSPS) is 10.5. The number of phenols is 1. The molecule has 5 nitrogen and oxygen atoms in total. The molecule has 5 heteroatoms. The fourth-order valence-electron chi connectivity index (χ4n) is 1.20. The molecule has 2 rings (SSSR count). The Morgan fingerprint density at radius 2 is 2.31 bits per heavy atom. The minimum absolute atomic E-state index is 0.0336. The lowest BCUT2D eigenvalue weighted by Gasteiger charge is -2.01. The number of hydrogen-bond acceptors (Lipinski definition) is 4. The number of aromatic hydroxyl groups is 1. The number of nitrogen functional groups attached to an aromatic ring is 1. The lowest BCUT2D eigenvalue weighted by atomic mass is 10.2. The summed E-state index contributed by atoms with van der Waals surface area (Å²) in [5.41, 5.74) is 6.53. The van der Waals surface area contributed by atoms with Gasteiger partial charge in [0.1, 0.15) is 18.4 Å². The number of nitrogens with two attached hydrogens (primary N) is 1. The van der Waals surface area contributed by atoms with E-state index in [1.165, 1.54) is 18.0 Å². The summed E-state index contributed by atoms with van der Waals surface area (Å²) in [7, 11) is 1.50. The Labute approximate surface area is 74.3 Å². The Kier molecular flexibility index (Phi) is 1.51. The molecule has 0 unspecified atom stereocenters. The average Bonchev–Trinajstić information content (AvgIpc) is 2.48. The van der Waals surface area contributed by atoms with Crippen LogP contribution in [0.15, 0.2) is 18.3 Å². The maximum absolute atomic E-state index is 9.33. The van der Waals surface area contributed by atoms with E-state index in [4.69, 9.17) is 10.6 Å². The van der Waals surface area contributed by atoms with Crippen molar-refractivity contribution in [1.82, 2.24) is 9.94 Å². The first kappa shape index (κ1) is 7.72. The second-order valence-corrected chi connectivity index (χ2v) is 2.67. The maximum atomic E-state index is 9.33. The van der Waals surface area contributed by atoms with Gasteiger partial charge in [0.15, 0.2) is 0 Å². The number of rotatable bonds is 1. The van der Waals surface area contributed by atoms with Gasteiger partial charge >= 0.3 is 0 Å².